The molecule has 1 aromatic carbocycles. The quantitative estimate of drug-likeness (QED) is 0.708. The zero-order chi connectivity index (χ0) is 13.7. The van der Waals surface area contributed by atoms with Gasteiger partial charge in [-0.15, -0.1) is 0 Å². The minimum atomic E-state index is 0.0582. The summed E-state index contributed by atoms with van der Waals surface area (Å²) in [5.41, 5.74) is 9.65. The van der Waals surface area contributed by atoms with Crippen molar-refractivity contribution in [2.45, 2.75) is 19.4 Å². The minimum Gasteiger partial charge on any atom is -0.504 e. The van der Waals surface area contributed by atoms with E-state index in [1.54, 1.807) is 0 Å². The van der Waals surface area contributed by atoms with Crippen LogP contribution in [0.4, 0.5) is 5.95 Å². The van der Waals surface area contributed by atoms with E-state index < -0.39 is 0 Å². The van der Waals surface area contributed by atoms with E-state index in [0.717, 1.165) is 30.3 Å². The number of hydrogen-bond donors (Lipinski definition) is 2. The Balaban J connectivity index is 2.07. The number of aromatic nitrogens is 3. The number of nitrogen functional groups attached to an aromatic ring is 1. The largest absolute Gasteiger partial charge is 0.504 e. The molecule has 5 nitrogen and oxygen atoms in total. The van der Waals surface area contributed by atoms with E-state index in [1.165, 1.54) is 17.3 Å². The van der Waals surface area contributed by atoms with Crippen molar-refractivity contribution in [3.05, 3.63) is 36.2 Å². The van der Waals surface area contributed by atoms with Crippen LogP contribution in [0.2, 0.25) is 0 Å². The van der Waals surface area contributed by atoms with Crippen molar-refractivity contribution in [3.8, 4) is 17.0 Å². The van der Waals surface area contributed by atoms with Gasteiger partial charge in [0.1, 0.15) is 5.69 Å². The topological polar surface area (TPSA) is 77.0 Å². The summed E-state index contributed by atoms with van der Waals surface area (Å²) in [6.45, 7) is 0.995. The number of anilines is 1. The second-order valence-electron chi connectivity index (χ2n) is 5.12. The first-order valence-corrected chi connectivity index (χ1v) is 6.66. The summed E-state index contributed by atoms with van der Waals surface area (Å²) >= 11 is 0. The molecule has 3 N–H and O–H groups in total. The standard InChI is InChI=1S/C15H14N4O/c16-15-17-7-12(20)13(18-15)11-8-19-6-2-4-9-3-1-5-10(11)14(9)19/h1,3,5,7-8,20H,2,4,6H2,(H2,16,17,18). The molecule has 0 unspecified atom stereocenters. The second-order valence-corrected chi connectivity index (χ2v) is 5.12. The van der Waals surface area contributed by atoms with Crippen LogP contribution < -0.4 is 5.73 Å². The van der Waals surface area contributed by atoms with Crippen LogP contribution in [0.3, 0.4) is 0 Å². The van der Waals surface area contributed by atoms with Crippen molar-refractivity contribution < 1.29 is 5.11 Å². The smallest absolute Gasteiger partial charge is 0.220 e. The zero-order valence-corrected chi connectivity index (χ0v) is 10.9. The Bertz CT molecular complexity index is 822. The number of nitrogens with zero attached hydrogens (tertiary/aromatic N) is 3. The van der Waals surface area contributed by atoms with Gasteiger partial charge in [-0.05, 0) is 18.4 Å². The molecule has 0 aliphatic carbocycles. The highest BCUT2D eigenvalue weighted by molar-refractivity contribution is 5.98. The highest BCUT2D eigenvalue weighted by Crippen LogP contribution is 2.37. The van der Waals surface area contributed by atoms with Gasteiger partial charge in [0.25, 0.3) is 0 Å². The number of para-hydroxylation sites is 1. The molecule has 5 heteroatoms. The highest BCUT2D eigenvalue weighted by atomic mass is 16.3. The van der Waals surface area contributed by atoms with Gasteiger partial charge in [0.2, 0.25) is 5.95 Å². The average Bonchev–Trinajstić information content (AvgIpc) is 2.83. The van der Waals surface area contributed by atoms with Crippen LogP contribution in [0.5, 0.6) is 5.75 Å². The first-order valence-electron chi connectivity index (χ1n) is 6.66. The normalized spacial score (nSPS) is 13.8. The fourth-order valence-electron chi connectivity index (χ4n) is 3.03. The molecule has 0 atom stereocenters. The van der Waals surface area contributed by atoms with Crippen LogP contribution in [0.15, 0.2) is 30.6 Å². The lowest BCUT2D eigenvalue weighted by molar-refractivity contribution is 0.472. The fraction of sp³-hybridized carbons (Fsp3) is 0.200. The second kappa shape index (κ2) is 3.96. The summed E-state index contributed by atoms with van der Waals surface area (Å²) in [6.07, 6.45) is 5.63. The predicted molar refractivity (Wildman–Crippen MR) is 77.4 cm³/mol. The molecule has 2 aromatic heterocycles. The molecule has 20 heavy (non-hydrogen) atoms. The summed E-state index contributed by atoms with van der Waals surface area (Å²) in [7, 11) is 0. The molecule has 1 aliphatic rings. The van der Waals surface area contributed by atoms with E-state index in [9.17, 15) is 5.11 Å². The van der Waals surface area contributed by atoms with Crippen molar-refractivity contribution in [2.75, 3.05) is 5.73 Å². The summed E-state index contributed by atoms with van der Waals surface area (Å²) < 4.78 is 2.24. The van der Waals surface area contributed by atoms with Crippen LogP contribution >= 0.6 is 0 Å². The first-order chi connectivity index (χ1) is 9.74. The van der Waals surface area contributed by atoms with Gasteiger partial charge in [0.05, 0.1) is 11.7 Å². The maximum Gasteiger partial charge on any atom is 0.220 e. The number of aryl methyl sites for hydroxylation is 2. The number of rotatable bonds is 1. The van der Waals surface area contributed by atoms with Gasteiger partial charge in [-0.25, -0.2) is 9.97 Å². The third-order valence-corrected chi connectivity index (χ3v) is 3.87. The third kappa shape index (κ3) is 1.49. The summed E-state index contributed by atoms with van der Waals surface area (Å²) in [6, 6.07) is 6.28. The van der Waals surface area contributed by atoms with Gasteiger partial charge < -0.3 is 15.4 Å². The number of benzene rings is 1. The van der Waals surface area contributed by atoms with Crippen LogP contribution in [-0.2, 0) is 13.0 Å². The summed E-state index contributed by atoms with van der Waals surface area (Å²) in [4.78, 5) is 8.01. The molecule has 0 saturated heterocycles. The van der Waals surface area contributed by atoms with Gasteiger partial charge in [0.15, 0.2) is 5.75 Å². The Morgan fingerprint density at radius 1 is 1.30 bits per heavy atom. The molecule has 1 aliphatic heterocycles. The minimum absolute atomic E-state index is 0.0582. The monoisotopic (exact) mass is 266 g/mol. The average molecular weight is 266 g/mol. The molecular formula is C15H14N4O. The van der Waals surface area contributed by atoms with Crippen molar-refractivity contribution in [3.63, 3.8) is 0 Å². The van der Waals surface area contributed by atoms with E-state index in [4.69, 9.17) is 5.73 Å². The molecule has 0 amide bonds. The number of nitrogens with two attached hydrogens (primary N) is 1. The summed E-state index contributed by atoms with van der Waals surface area (Å²) in [5.74, 6) is 0.229. The van der Waals surface area contributed by atoms with Crippen LogP contribution in [0, 0.1) is 0 Å². The van der Waals surface area contributed by atoms with Crippen molar-refractivity contribution >= 4 is 16.9 Å². The Hall–Kier alpha value is -2.56. The first kappa shape index (κ1) is 11.3. The SMILES string of the molecule is Nc1ncc(O)c(-c2cn3c4c(cccc24)CCC3)n1. The van der Waals surface area contributed by atoms with E-state index >= 15 is 0 Å². The van der Waals surface area contributed by atoms with Crippen molar-refractivity contribution in [1.29, 1.82) is 0 Å². The lowest BCUT2D eigenvalue weighted by Gasteiger charge is -2.14. The van der Waals surface area contributed by atoms with Crippen molar-refractivity contribution in [2.24, 2.45) is 0 Å². The molecule has 0 radical (unpaired) electrons. The molecule has 100 valence electrons. The molecule has 0 saturated carbocycles. The fourth-order valence-corrected chi connectivity index (χ4v) is 3.03. The lowest BCUT2D eigenvalue weighted by Crippen LogP contribution is -2.05. The van der Waals surface area contributed by atoms with Gasteiger partial charge in [0, 0.05) is 23.7 Å². The van der Waals surface area contributed by atoms with E-state index in [2.05, 4.69) is 38.9 Å². The number of hydrogen-bond acceptors (Lipinski definition) is 4. The highest BCUT2D eigenvalue weighted by Gasteiger charge is 2.19. The molecule has 3 heterocycles. The van der Waals surface area contributed by atoms with E-state index in [0.29, 0.717) is 5.69 Å². The maximum atomic E-state index is 10.0. The maximum absolute atomic E-state index is 10.0. The lowest BCUT2D eigenvalue weighted by atomic mass is 10.0. The Labute approximate surface area is 115 Å². The van der Waals surface area contributed by atoms with Gasteiger partial charge >= 0.3 is 0 Å². The van der Waals surface area contributed by atoms with Crippen molar-refractivity contribution in [1.82, 2.24) is 14.5 Å². The molecule has 0 bridgehead atoms. The van der Waals surface area contributed by atoms with E-state index in [-0.39, 0.29) is 11.7 Å². The predicted octanol–water partition coefficient (Wildman–Crippen LogP) is 2.33. The van der Waals surface area contributed by atoms with Crippen LogP contribution in [-0.4, -0.2) is 19.6 Å². The summed E-state index contributed by atoms with van der Waals surface area (Å²) in [5, 5.41) is 11.1. The van der Waals surface area contributed by atoms with Crippen LogP contribution in [0.1, 0.15) is 12.0 Å². The third-order valence-electron chi connectivity index (χ3n) is 3.87. The Morgan fingerprint density at radius 3 is 3.10 bits per heavy atom. The van der Waals surface area contributed by atoms with Gasteiger partial charge in [-0.1, -0.05) is 18.2 Å². The molecule has 0 spiro atoms. The molecule has 4 rings (SSSR count). The van der Waals surface area contributed by atoms with Gasteiger partial charge in [-0.3, -0.25) is 0 Å². The number of aromatic hydroxyl groups is 1. The Kier molecular flexibility index (Phi) is 2.24. The van der Waals surface area contributed by atoms with E-state index in [1.807, 2.05) is 0 Å². The molecular weight excluding hydrogens is 252 g/mol. The zero-order valence-electron chi connectivity index (χ0n) is 10.9. The molecule has 3 aromatic rings. The van der Waals surface area contributed by atoms with Crippen LogP contribution in [0.25, 0.3) is 22.2 Å². The van der Waals surface area contributed by atoms with Gasteiger partial charge in [-0.2, -0.15) is 0 Å². The molecule has 0 fully saturated rings. The Morgan fingerprint density at radius 2 is 2.20 bits per heavy atom.